The first-order valence-electron chi connectivity index (χ1n) is 12.6. The Morgan fingerprint density at radius 2 is 1.79 bits per heavy atom. The van der Waals surface area contributed by atoms with Gasteiger partial charge in [-0.15, -0.1) is 0 Å². The molecule has 2 heterocycles. The van der Waals surface area contributed by atoms with Crippen LogP contribution in [0.25, 0.3) is 5.57 Å². The Kier molecular flexibility index (Phi) is 8.75. The molecule has 200 valence electrons. The van der Waals surface area contributed by atoms with E-state index in [0.717, 1.165) is 30.4 Å². The van der Waals surface area contributed by atoms with Crippen molar-refractivity contribution in [1.29, 1.82) is 0 Å². The number of aromatic nitrogens is 2. The summed E-state index contributed by atoms with van der Waals surface area (Å²) in [5.41, 5.74) is 4.15. The van der Waals surface area contributed by atoms with Crippen LogP contribution in [0.2, 0.25) is 0 Å². The number of hydroxylamine groups is 1. The van der Waals surface area contributed by atoms with E-state index in [2.05, 4.69) is 28.3 Å². The van der Waals surface area contributed by atoms with E-state index in [0.29, 0.717) is 42.0 Å². The average Bonchev–Trinajstić information content (AvgIpc) is 2.95. The van der Waals surface area contributed by atoms with Gasteiger partial charge in [-0.1, -0.05) is 31.2 Å². The van der Waals surface area contributed by atoms with Crippen LogP contribution in [0.3, 0.4) is 0 Å². The highest BCUT2D eigenvalue weighted by Crippen LogP contribution is 2.32. The third-order valence-electron chi connectivity index (χ3n) is 6.69. The summed E-state index contributed by atoms with van der Waals surface area (Å²) in [6.07, 6.45) is 13.2. The third-order valence-corrected chi connectivity index (χ3v) is 6.69. The van der Waals surface area contributed by atoms with Crippen molar-refractivity contribution in [1.82, 2.24) is 20.8 Å². The lowest BCUT2D eigenvalue weighted by atomic mass is 9.92. The van der Waals surface area contributed by atoms with Crippen molar-refractivity contribution in [3.05, 3.63) is 71.6 Å². The third kappa shape index (κ3) is 6.38. The molecule has 1 aliphatic carbocycles. The molecular formula is C28H33N5O5. The summed E-state index contributed by atoms with van der Waals surface area (Å²) in [7, 11) is 3.16. The monoisotopic (exact) mass is 519 g/mol. The molecule has 0 radical (unpaired) electrons. The van der Waals surface area contributed by atoms with Crippen LogP contribution in [0, 0.1) is 5.92 Å². The van der Waals surface area contributed by atoms with Gasteiger partial charge in [0.15, 0.2) is 11.5 Å². The zero-order valence-corrected chi connectivity index (χ0v) is 21.8. The highest BCUT2D eigenvalue weighted by molar-refractivity contribution is 6.20. The number of carbonyl (C=O) groups excluding carboxylic acids is 2. The zero-order valence-electron chi connectivity index (χ0n) is 21.8. The molecule has 2 aromatic rings. The smallest absolute Gasteiger partial charge is 0.277 e. The van der Waals surface area contributed by atoms with Gasteiger partial charge in [-0.3, -0.25) is 14.8 Å². The molecule has 4 rings (SSSR count). The highest BCUT2D eigenvalue weighted by atomic mass is 16.5. The van der Waals surface area contributed by atoms with E-state index in [4.69, 9.17) is 14.7 Å². The SMILES string of the molecule is COc1ccc(/C(=C\C2=CC=CC(C)C2)C(=O)NC2CCN(c3ncc(C(=O)NO)cn3)CC2)cc1OC. The highest BCUT2D eigenvalue weighted by Gasteiger charge is 2.25. The number of hydrogen-bond acceptors (Lipinski definition) is 8. The fourth-order valence-electron chi connectivity index (χ4n) is 4.61. The summed E-state index contributed by atoms with van der Waals surface area (Å²) in [4.78, 5) is 35.6. The molecule has 2 amide bonds. The van der Waals surface area contributed by atoms with Crippen molar-refractivity contribution < 1.29 is 24.3 Å². The minimum absolute atomic E-state index is 0.0131. The molecule has 1 aromatic carbocycles. The number of carbonyl (C=O) groups is 2. The van der Waals surface area contributed by atoms with E-state index in [1.807, 2.05) is 35.3 Å². The molecule has 0 saturated carbocycles. The molecule has 1 aliphatic heterocycles. The fourth-order valence-corrected chi connectivity index (χ4v) is 4.61. The zero-order chi connectivity index (χ0) is 27.1. The summed E-state index contributed by atoms with van der Waals surface area (Å²) in [6, 6.07) is 5.49. The summed E-state index contributed by atoms with van der Waals surface area (Å²) in [6.45, 7) is 3.46. The Morgan fingerprint density at radius 3 is 2.42 bits per heavy atom. The van der Waals surface area contributed by atoms with E-state index in [9.17, 15) is 9.59 Å². The van der Waals surface area contributed by atoms with Crippen molar-refractivity contribution >= 4 is 23.3 Å². The minimum Gasteiger partial charge on any atom is -0.493 e. The Morgan fingerprint density at radius 1 is 1.08 bits per heavy atom. The molecule has 0 bridgehead atoms. The number of amides is 2. The Labute approximate surface area is 222 Å². The summed E-state index contributed by atoms with van der Waals surface area (Å²) >= 11 is 0. The van der Waals surface area contributed by atoms with Gasteiger partial charge in [-0.05, 0) is 54.5 Å². The standard InChI is InChI=1S/C28H33N5O5/c1-18-5-4-6-19(13-18)14-23(20-7-8-24(37-2)25(15-20)38-3)27(35)31-22-9-11-33(12-10-22)28-29-16-21(17-30-28)26(34)32-36/h4-8,14-18,22,36H,9-13H2,1-3H3,(H,31,35)(H,32,34)/b23-14+. The first-order chi connectivity index (χ1) is 18.4. The van der Waals surface area contributed by atoms with E-state index in [-0.39, 0.29) is 17.5 Å². The number of rotatable bonds is 8. The molecule has 3 N–H and O–H groups in total. The summed E-state index contributed by atoms with van der Waals surface area (Å²) in [5.74, 6) is 1.26. The van der Waals surface area contributed by atoms with E-state index in [1.54, 1.807) is 25.8 Å². The topological polar surface area (TPSA) is 126 Å². The van der Waals surface area contributed by atoms with E-state index >= 15 is 0 Å². The van der Waals surface area contributed by atoms with Crippen LogP contribution in [-0.2, 0) is 4.79 Å². The molecule has 38 heavy (non-hydrogen) atoms. The van der Waals surface area contributed by atoms with E-state index < -0.39 is 5.91 Å². The fraction of sp³-hybridized carbons (Fsp3) is 0.357. The number of piperidine rings is 1. The predicted octanol–water partition coefficient (Wildman–Crippen LogP) is 3.30. The summed E-state index contributed by atoms with van der Waals surface area (Å²) in [5, 5.41) is 12.0. The normalized spacial score (nSPS) is 18.0. The van der Waals surface area contributed by atoms with Gasteiger partial charge >= 0.3 is 0 Å². The number of anilines is 1. The van der Waals surface area contributed by atoms with Crippen LogP contribution in [0.5, 0.6) is 11.5 Å². The number of methoxy groups -OCH3 is 2. The Bertz CT molecular complexity index is 1250. The van der Waals surface area contributed by atoms with E-state index in [1.165, 1.54) is 12.4 Å². The quantitative estimate of drug-likeness (QED) is 0.276. The van der Waals surface area contributed by atoms with Crippen molar-refractivity contribution in [3.63, 3.8) is 0 Å². The molecular weight excluding hydrogens is 486 g/mol. The lowest BCUT2D eigenvalue weighted by Crippen LogP contribution is -2.45. The predicted molar refractivity (Wildman–Crippen MR) is 143 cm³/mol. The minimum atomic E-state index is -0.661. The van der Waals surface area contributed by atoms with Gasteiger partial charge in [0.1, 0.15) is 0 Å². The van der Waals surface area contributed by atoms with Gasteiger partial charge < -0.3 is 19.7 Å². The molecule has 1 fully saturated rings. The molecule has 1 aromatic heterocycles. The average molecular weight is 520 g/mol. The van der Waals surface area contributed by atoms with Gasteiger partial charge in [0, 0.05) is 37.1 Å². The number of allylic oxidation sites excluding steroid dienone is 5. The lowest BCUT2D eigenvalue weighted by Gasteiger charge is -2.32. The van der Waals surface area contributed by atoms with Gasteiger partial charge in [-0.25, -0.2) is 15.4 Å². The Hall–Kier alpha value is -4.18. The maximum absolute atomic E-state index is 13.6. The van der Waals surface area contributed by atoms with Crippen LogP contribution >= 0.6 is 0 Å². The van der Waals surface area contributed by atoms with Crippen molar-refractivity contribution in [3.8, 4) is 11.5 Å². The lowest BCUT2D eigenvalue weighted by molar-refractivity contribution is -0.116. The van der Waals surface area contributed by atoms with Crippen LogP contribution in [0.15, 0.2) is 60.5 Å². The molecule has 10 nitrogen and oxygen atoms in total. The van der Waals surface area contributed by atoms with Gasteiger partial charge in [0.2, 0.25) is 5.95 Å². The Balaban J connectivity index is 1.47. The summed E-state index contributed by atoms with van der Waals surface area (Å²) < 4.78 is 10.9. The first kappa shape index (κ1) is 26.9. The number of ether oxygens (including phenoxy) is 2. The second kappa shape index (κ2) is 12.4. The van der Waals surface area contributed by atoms with Crippen LogP contribution in [0.4, 0.5) is 5.95 Å². The first-order valence-corrected chi connectivity index (χ1v) is 12.6. The molecule has 1 unspecified atom stereocenters. The van der Waals surface area contributed by atoms with Gasteiger partial charge in [-0.2, -0.15) is 0 Å². The molecule has 1 atom stereocenters. The van der Waals surface area contributed by atoms with Crippen LogP contribution < -0.4 is 25.2 Å². The molecule has 2 aliphatic rings. The van der Waals surface area contributed by atoms with Crippen molar-refractivity contribution in [2.45, 2.75) is 32.2 Å². The molecule has 0 spiro atoms. The number of hydrogen-bond donors (Lipinski definition) is 3. The van der Waals surface area contributed by atoms with Crippen LogP contribution in [-0.4, -0.2) is 60.3 Å². The van der Waals surface area contributed by atoms with Crippen molar-refractivity contribution in [2.75, 3.05) is 32.2 Å². The van der Waals surface area contributed by atoms with Gasteiger partial charge in [0.05, 0.1) is 19.8 Å². The number of nitrogens with zero attached hydrogens (tertiary/aromatic N) is 3. The number of nitrogens with one attached hydrogen (secondary N) is 2. The maximum atomic E-state index is 13.6. The molecule has 1 saturated heterocycles. The second-order valence-electron chi connectivity index (χ2n) is 9.38. The largest absolute Gasteiger partial charge is 0.493 e. The van der Waals surface area contributed by atoms with Crippen LogP contribution in [0.1, 0.15) is 42.1 Å². The second-order valence-corrected chi connectivity index (χ2v) is 9.38. The molecule has 10 heteroatoms. The van der Waals surface area contributed by atoms with Crippen molar-refractivity contribution in [2.24, 2.45) is 5.92 Å². The maximum Gasteiger partial charge on any atom is 0.277 e. The van der Waals surface area contributed by atoms with Gasteiger partial charge in [0.25, 0.3) is 11.8 Å². The number of benzene rings is 1.